The van der Waals surface area contributed by atoms with Crippen molar-refractivity contribution in [3.8, 4) is 11.8 Å². The van der Waals surface area contributed by atoms with Crippen LogP contribution in [0.15, 0.2) is 48.5 Å². The van der Waals surface area contributed by atoms with Crippen LogP contribution >= 0.6 is 0 Å². The van der Waals surface area contributed by atoms with Gasteiger partial charge in [-0.15, -0.1) is 0 Å². The minimum absolute atomic E-state index is 0.00000583. The van der Waals surface area contributed by atoms with E-state index >= 15 is 0 Å². The van der Waals surface area contributed by atoms with E-state index in [-0.39, 0.29) is 18.9 Å². The molecule has 27 heavy (non-hydrogen) atoms. The van der Waals surface area contributed by atoms with E-state index in [1.807, 2.05) is 18.2 Å². The Balaban J connectivity index is 1.97. The van der Waals surface area contributed by atoms with Gasteiger partial charge in [-0.25, -0.2) is 8.42 Å². The standard InChI is InChI=1S/C19H21N3O4S/c1-26-18-8-6-15(7-9-18)14-21-19(23)10-11-22(27(2,24)25)17-5-3-4-16(12-17)13-20/h3-9,12H,10-11,14H2,1-2H3,(H,21,23). The monoisotopic (exact) mass is 387 g/mol. The third-order valence-corrected chi connectivity index (χ3v) is 5.05. The Kier molecular flexibility index (Phi) is 6.79. The van der Waals surface area contributed by atoms with Gasteiger partial charge < -0.3 is 10.1 Å². The summed E-state index contributed by atoms with van der Waals surface area (Å²) in [4.78, 5) is 12.1. The predicted molar refractivity (Wildman–Crippen MR) is 103 cm³/mol. The van der Waals surface area contributed by atoms with Crippen molar-refractivity contribution in [2.45, 2.75) is 13.0 Å². The van der Waals surface area contributed by atoms with Crippen molar-refractivity contribution >= 4 is 21.6 Å². The molecular weight excluding hydrogens is 366 g/mol. The number of nitrogens with zero attached hydrogens (tertiary/aromatic N) is 2. The van der Waals surface area contributed by atoms with E-state index in [2.05, 4.69) is 5.32 Å². The quantitative estimate of drug-likeness (QED) is 0.747. The van der Waals surface area contributed by atoms with Crippen LogP contribution in [-0.4, -0.2) is 34.2 Å². The third kappa shape index (κ3) is 6.01. The summed E-state index contributed by atoms with van der Waals surface area (Å²) in [6.07, 6.45) is 1.07. The minimum atomic E-state index is -3.58. The van der Waals surface area contributed by atoms with Gasteiger partial charge in [0.2, 0.25) is 15.9 Å². The van der Waals surface area contributed by atoms with Gasteiger partial charge in [0.25, 0.3) is 0 Å². The van der Waals surface area contributed by atoms with Gasteiger partial charge in [0.1, 0.15) is 5.75 Å². The van der Waals surface area contributed by atoms with Crippen LogP contribution in [0.2, 0.25) is 0 Å². The molecule has 142 valence electrons. The molecule has 0 saturated carbocycles. The lowest BCUT2D eigenvalue weighted by atomic mass is 10.2. The van der Waals surface area contributed by atoms with E-state index < -0.39 is 10.0 Å². The molecule has 8 heteroatoms. The number of carbonyl (C=O) groups excluding carboxylic acids is 1. The summed E-state index contributed by atoms with van der Waals surface area (Å²) in [6, 6.07) is 15.5. The topological polar surface area (TPSA) is 99.5 Å². The zero-order valence-corrected chi connectivity index (χ0v) is 16.0. The van der Waals surface area contributed by atoms with Crippen LogP contribution < -0.4 is 14.4 Å². The van der Waals surface area contributed by atoms with Crippen LogP contribution in [0, 0.1) is 11.3 Å². The summed E-state index contributed by atoms with van der Waals surface area (Å²) in [6.45, 7) is 0.327. The van der Waals surface area contributed by atoms with E-state index in [9.17, 15) is 13.2 Å². The highest BCUT2D eigenvalue weighted by Crippen LogP contribution is 2.19. The molecule has 1 N–H and O–H groups in total. The van der Waals surface area contributed by atoms with Gasteiger partial charge in [-0.3, -0.25) is 9.10 Å². The Morgan fingerprint density at radius 3 is 2.52 bits per heavy atom. The van der Waals surface area contributed by atoms with Crippen LogP contribution in [0.1, 0.15) is 17.5 Å². The largest absolute Gasteiger partial charge is 0.497 e. The van der Waals surface area contributed by atoms with Crippen molar-refractivity contribution < 1.29 is 17.9 Å². The number of anilines is 1. The molecule has 0 aromatic heterocycles. The van der Waals surface area contributed by atoms with Gasteiger partial charge in [0.15, 0.2) is 0 Å². The van der Waals surface area contributed by atoms with E-state index in [1.54, 1.807) is 37.4 Å². The lowest BCUT2D eigenvalue weighted by molar-refractivity contribution is -0.121. The Morgan fingerprint density at radius 2 is 1.93 bits per heavy atom. The Bertz CT molecular complexity index is 934. The van der Waals surface area contributed by atoms with Crippen LogP contribution in [0.3, 0.4) is 0 Å². The second-order valence-corrected chi connectivity index (χ2v) is 7.78. The molecule has 0 aliphatic rings. The first-order chi connectivity index (χ1) is 12.8. The molecule has 0 radical (unpaired) electrons. The fourth-order valence-electron chi connectivity index (χ4n) is 2.45. The molecule has 0 fully saturated rings. The highest BCUT2D eigenvalue weighted by atomic mass is 32.2. The van der Waals surface area contributed by atoms with Crippen molar-refractivity contribution in [3.63, 3.8) is 0 Å². The molecule has 0 unspecified atom stereocenters. The number of rotatable bonds is 8. The first kappa shape index (κ1) is 20.3. The van der Waals surface area contributed by atoms with Crippen molar-refractivity contribution in [1.82, 2.24) is 5.32 Å². The van der Waals surface area contributed by atoms with Crippen molar-refractivity contribution in [3.05, 3.63) is 59.7 Å². The predicted octanol–water partition coefficient (Wildman–Crippen LogP) is 2.04. The van der Waals surface area contributed by atoms with Crippen LogP contribution in [0.4, 0.5) is 5.69 Å². The maximum atomic E-state index is 12.1. The summed E-state index contributed by atoms with van der Waals surface area (Å²) < 4.78 is 30.4. The van der Waals surface area contributed by atoms with E-state index in [1.165, 1.54) is 6.07 Å². The average Bonchev–Trinajstić information content (AvgIpc) is 2.66. The molecule has 0 heterocycles. The van der Waals surface area contributed by atoms with Gasteiger partial charge >= 0.3 is 0 Å². The van der Waals surface area contributed by atoms with Crippen molar-refractivity contribution in [1.29, 1.82) is 5.26 Å². The molecule has 0 aliphatic carbocycles. The smallest absolute Gasteiger partial charge is 0.232 e. The zero-order chi connectivity index (χ0) is 19.9. The number of sulfonamides is 1. The maximum Gasteiger partial charge on any atom is 0.232 e. The Morgan fingerprint density at radius 1 is 1.22 bits per heavy atom. The summed E-state index contributed by atoms with van der Waals surface area (Å²) in [5.41, 5.74) is 1.62. The number of benzene rings is 2. The van der Waals surface area contributed by atoms with Gasteiger partial charge in [-0.1, -0.05) is 18.2 Å². The maximum absolute atomic E-state index is 12.1. The first-order valence-electron chi connectivity index (χ1n) is 8.21. The molecule has 2 aromatic carbocycles. The van der Waals surface area contributed by atoms with Crippen LogP contribution in [0.25, 0.3) is 0 Å². The molecule has 0 saturated heterocycles. The van der Waals surface area contributed by atoms with E-state index in [4.69, 9.17) is 10.00 Å². The number of nitrogens with one attached hydrogen (secondary N) is 1. The first-order valence-corrected chi connectivity index (χ1v) is 10.1. The average molecular weight is 387 g/mol. The van der Waals surface area contributed by atoms with Gasteiger partial charge in [0.05, 0.1) is 30.7 Å². The summed E-state index contributed by atoms with van der Waals surface area (Å²) >= 11 is 0. The lowest BCUT2D eigenvalue weighted by Gasteiger charge is -2.22. The van der Waals surface area contributed by atoms with Crippen molar-refractivity contribution in [2.75, 3.05) is 24.2 Å². The summed E-state index contributed by atoms with van der Waals surface area (Å²) in [5, 5.41) is 11.7. The third-order valence-electron chi connectivity index (χ3n) is 3.85. The van der Waals surface area contributed by atoms with Gasteiger partial charge in [-0.2, -0.15) is 5.26 Å². The molecule has 0 atom stereocenters. The molecule has 0 bridgehead atoms. The SMILES string of the molecule is COc1ccc(CNC(=O)CCN(c2cccc(C#N)c2)S(C)(=O)=O)cc1. The van der Waals surface area contributed by atoms with E-state index in [0.717, 1.165) is 21.9 Å². The summed E-state index contributed by atoms with van der Waals surface area (Å²) in [5.74, 6) is 0.462. The number of amides is 1. The number of nitriles is 1. The zero-order valence-electron chi connectivity index (χ0n) is 15.2. The molecule has 7 nitrogen and oxygen atoms in total. The van der Waals surface area contributed by atoms with Gasteiger partial charge in [-0.05, 0) is 35.9 Å². The Hall–Kier alpha value is -3.05. The molecular formula is C19H21N3O4S. The second-order valence-electron chi connectivity index (χ2n) is 5.87. The minimum Gasteiger partial charge on any atom is -0.497 e. The van der Waals surface area contributed by atoms with Crippen LogP contribution in [-0.2, 0) is 21.4 Å². The number of ether oxygens (including phenoxy) is 1. The van der Waals surface area contributed by atoms with E-state index in [0.29, 0.717) is 17.8 Å². The fourth-order valence-corrected chi connectivity index (χ4v) is 3.37. The lowest BCUT2D eigenvalue weighted by Crippen LogP contribution is -2.34. The fraction of sp³-hybridized carbons (Fsp3) is 0.263. The highest BCUT2D eigenvalue weighted by molar-refractivity contribution is 7.92. The molecule has 1 amide bonds. The Labute approximate surface area is 159 Å². The number of hydrogen-bond acceptors (Lipinski definition) is 5. The molecule has 0 spiro atoms. The van der Waals surface area contributed by atoms with Crippen molar-refractivity contribution in [2.24, 2.45) is 0 Å². The number of methoxy groups -OCH3 is 1. The number of hydrogen-bond donors (Lipinski definition) is 1. The molecule has 2 rings (SSSR count). The van der Waals surface area contributed by atoms with Gasteiger partial charge in [0, 0.05) is 19.5 Å². The normalized spacial score (nSPS) is 10.7. The molecule has 0 aliphatic heterocycles. The second kappa shape index (κ2) is 9.05. The highest BCUT2D eigenvalue weighted by Gasteiger charge is 2.19. The number of carbonyl (C=O) groups is 1. The summed E-state index contributed by atoms with van der Waals surface area (Å²) in [7, 11) is -2.00. The van der Waals surface area contributed by atoms with Crippen LogP contribution in [0.5, 0.6) is 5.75 Å². The molecule has 2 aromatic rings.